The van der Waals surface area contributed by atoms with Crippen molar-refractivity contribution in [1.29, 1.82) is 0 Å². The van der Waals surface area contributed by atoms with E-state index in [0.29, 0.717) is 17.9 Å². The number of carbonyl (C=O) groups excluding carboxylic acids is 2. The van der Waals surface area contributed by atoms with E-state index in [1.54, 1.807) is 0 Å². The molecule has 0 aliphatic carbocycles. The second-order valence-electron chi connectivity index (χ2n) is 5.34. The summed E-state index contributed by atoms with van der Waals surface area (Å²) in [6.45, 7) is 0.357. The van der Waals surface area contributed by atoms with Gasteiger partial charge < -0.3 is 10.6 Å². The first-order chi connectivity index (χ1) is 13.3. The molecule has 0 aromatic heterocycles. The molecule has 13 nitrogen and oxygen atoms in total. The van der Waals surface area contributed by atoms with Gasteiger partial charge in [0.2, 0.25) is 0 Å². The molecule has 0 aliphatic heterocycles. The summed E-state index contributed by atoms with van der Waals surface area (Å²) >= 11 is 5.42. The molecule has 0 saturated carbocycles. The summed E-state index contributed by atoms with van der Waals surface area (Å²) in [5.74, 6) is -0.643. The van der Waals surface area contributed by atoms with Crippen LogP contribution in [0.25, 0.3) is 0 Å². The minimum Gasteiger partial charge on any atom is -0.352 e. The highest BCUT2D eigenvalue weighted by atomic mass is 35.5. The maximum Gasteiger partial charge on any atom is 0.340 e. The number of hydrogen-bond donors (Lipinski definition) is 2. The number of amides is 3. The Hall–Kier alpha value is -3.35. The van der Waals surface area contributed by atoms with Crippen LogP contribution in [0.15, 0.2) is 23.5 Å². The number of hydrogen-bond acceptors (Lipinski definition) is 8. The van der Waals surface area contributed by atoms with Gasteiger partial charge in [-0.3, -0.25) is 25.0 Å². The fraction of sp³-hybridized carbons (Fsp3) is 0.429. The van der Waals surface area contributed by atoms with E-state index in [0.717, 1.165) is 18.2 Å². The van der Waals surface area contributed by atoms with Gasteiger partial charge in [-0.15, -0.1) is 16.5 Å². The lowest BCUT2D eigenvalue weighted by Gasteiger charge is -2.12. The van der Waals surface area contributed by atoms with E-state index in [-0.39, 0.29) is 31.1 Å². The summed E-state index contributed by atoms with van der Waals surface area (Å²) in [6.07, 6.45) is 0.891. The molecule has 0 atom stereocenters. The van der Waals surface area contributed by atoms with Crippen LogP contribution >= 0.6 is 11.6 Å². The normalized spacial score (nSPS) is 10.0. The van der Waals surface area contributed by atoms with Crippen molar-refractivity contribution in [3.05, 3.63) is 48.9 Å². The summed E-state index contributed by atoms with van der Waals surface area (Å²) in [4.78, 5) is 54.0. The highest BCUT2D eigenvalue weighted by molar-refractivity contribution is 6.18. The van der Waals surface area contributed by atoms with E-state index in [2.05, 4.69) is 15.9 Å². The number of non-ortho nitro benzene ring substituents is 2. The van der Waals surface area contributed by atoms with Crippen molar-refractivity contribution in [2.75, 3.05) is 25.5 Å². The number of urea groups is 1. The van der Waals surface area contributed by atoms with Gasteiger partial charge in [-0.25, -0.2) is 4.79 Å². The van der Waals surface area contributed by atoms with Gasteiger partial charge in [0.15, 0.2) is 0 Å². The number of halogens is 1. The highest BCUT2D eigenvalue weighted by Gasteiger charge is 2.19. The number of unbranched alkanes of at least 4 members (excludes halogenated alkanes) is 1. The van der Waals surface area contributed by atoms with E-state index in [1.165, 1.54) is 0 Å². The first-order valence-electron chi connectivity index (χ1n) is 7.96. The quantitative estimate of drug-likeness (QED) is 0.182. The molecule has 14 heteroatoms. The van der Waals surface area contributed by atoms with E-state index >= 15 is 0 Å². The van der Waals surface area contributed by atoms with Crippen LogP contribution < -0.4 is 10.6 Å². The SMILES string of the molecule is O=NN(CCCl)C(=O)NCCCCNC(=O)c1cc([N+](=O)[O-])cc([N+](=O)[O-])c1. The lowest BCUT2D eigenvalue weighted by Crippen LogP contribution is -2.38. The largest absolute Gasteiger partial charge is 0.352 e. The number of carbonyl (C=O) groups is 2. The maximum atomic E-state index is 12.0. The first-order valence-corrected chi connectivity index (χ1v) is 8.50. The molecule has 0 aliphatic rings. The Kier molecular flexibility index (Phi) is 9.22. The average molecular weight is 417 g/mol. The van der Waals surface area contributed by atoms with Crippen LogP contribution in [0, 0.1) is 25.1 Å². The highest BCUT2D eigenvalue weighted by Crippen LogP contribution is 2.22. The number of nitro groups is 2. The van der Waals surface area contributed by atoms with Gasteiger partial charge in [0, 0.05) is 31.1 Å². The Balaban J connectivity index is 2.47. The number of nitrogens with zero attached hydrogens (tertiary/aromatic N) is 4. The fourth-order valence-electron chi connectivity index (χ4n) is 2.04. The average Bonchev–Trinajstić information content (AvgIpc) is 2.67. The molecule has 2 N–H and O–H groups in total. The van der Waals surface area contributed by atoms with E-state index in [9.17, 15) is 34.7 Å². The Bertz CT molecular complexity index is 727. The summed E-state index contributed by atoms with van der Waals surface area (Å²) in [5.41, 5.74) is -1.33. The predicted molar refractivity (Wildman–Crippen MR) is 97.9 cm³/mol. The third-order valence-electron chi connectivity index (χ3n) is 3.38. The van der Waals surface area contributed by atoms with Gasteiger partial charge in [-0.2, -0.15) is 5.01 Å². The molecule has 0 heterocycles. The Morgan fingerprint density at radius 2 is 1.57 bits per heavy atom. The van der Waals surface area contributed by atoms with Crippen molar-refractivity contribution in [3.8, 4) is 0 Å². The number of alkyl halides is 1. The summed E-state index contributed by atoms with van der Waals surface area (Å²) < 4.78 is 0. The Labute approximate surface area is 163 Å². The fourth-order valence-corrected chi connectivity index (χ4v) is 2.20. The Morgan fingerprint density at radius 3 is 2.04 bits per heavy atom. The minimum absolute atomic E-state index is 0.0255. The molecule has 0 bridgehead atoms. The third-order valence-corrected chi connectivity index (χ3v) is 3.55. The van der Waals surface area contributed by atoms with E-state index in [1.807, 2.05) is 0 Å². The van der Waals surface area contributed by atoms with Crippen molar-refractivity contribution in [2.24, 2.45) is 5.29 Å². The van der Waals surface area contributed by atoms with Crippen LogP contribution in [0.3, 0.4) is 0 Å². The molecule has 28 heavy (non-hydrogen) atoms. The lowest BCUT2D eigenvalue weighted by molar-refractivity contribution is -0.394. The molecule has 1 aromatic rings. The van der Waals surface area contributed by atoms with Crippen molar-refractivity contribution < 1.29 is 19.4 Å². The number of benzene rings is 1. The number of rotatable bonds is 11. The lowest BCUT2D eigenvalue weighted by atomic mass is 10.1. The zero-order valence-electron chi connectivity index (χ0n) is 14.5. The molecule has 152 valence electrons. The van der Waals surface area contributed by atoms with Crippen LogP contribution in [0.2, 0.25) is 0 Å². The zero-order valence-corrected chi connectivity index (χ0v) is 15.3. The smallest absolute Gasteiger partial charge is 0.340 e. The number of nitrogens with one attached hydrogen (secondary N) is 2. The summed E-state index contributed by atoms with van der Waals surface area (Å²) in [5, 5.41) is 29.8. The van der Waals surface area contributed by atoms with Gasteiger partial charge in [0.25, 0.3) is 17.3 Å². The predicted octanol–water partition coefficient (Wildman–Crippen LogP) is 1.94. The number of nitroso groups, excluding NO2 is 1. The summed E-state index contributed by atoms with van der Waals surface area (Å²) in [7, 11) is 0. The monoisotopic (exact) mass is 416 g/mol. The third kappa shape index (κ3) is 7.11. The molecule has 1 rings (SSSR count). The van der Waals surface area contributed by atoms with Gasteiger partial charge in [0.1, 0.15) is 0 Å². The second-order valence-corrected chi connectivity index (χ2v) is 5.72. The molecule has 3 amide bonds. The molecular weight excluding hydrogens is 400 g/mol. The van der Waals surface area contributed by atoms with Crippen molar-refractivity contribution in [1.82, 2.24) is 15.6 Å². The van der Waals surface area contributed by atoms with Crippen LogP contribution in [0.5, 0.6) is 0 Å². The van der Waals surface area contributed by atoms with Crippen LogP contribution in [-0.4, -0.2) is 52.3 Å². The van der Waals surface area contributed by atoms with Crippen LogP contribution in [-0.2, 0) is 0 Å². The van der Waals surface area contributed by atoms with Gasteiger partial charge in [-0.1, -0.05) is 0 Å². The molecule has 0 fully saturated rings. The van der Waals surface area contributed by atoms with Crippen molar-refractivity contribution in [3.63, 3.8) is 0 Å². The first kappa shape index (κ1) is 22.7. The second kappa shape index (κ2) is 11.4. The summed E-state index contributed by atoms with van der Waals surface area (Å²) in [6, 6.07) is 1.96. The molecule has 0 unspecified atom stereocenters. The Morgan fingerprint density at radius 1 is 1.04 bits per heavy atom. The maximum absolute atomic E-state index is 12.0. The van der Waals surface area contributed by atoms with Crippen molar-refractivity contribution in [2.45, 2.75) is 12.8 Å². The van der Waals surface area contributed by atoms with Crippen LogP contribution in [0.4, 0.5) is 16.2 Å². The van der Waals surface area contributed by atoms with E-state index in [4.69, 9.17) is 11.6 Å². The molecule has 0 spiro atoms. The van der Waals surface area contributed by atoms with E-state index < -0.39 is 33.2 Å². The van der Waals surface area contributed by atoms with Crippen LogP contribution in [0.1, 0.15) is 23.2 Å². The van der Waals surface area contributed by atoms with Gasteiger partial charge in [0.05, 0.1) is 33.3 Å². The molecule has 0 radical (unpaired) electrons. The molecular formula is C14H17ClN6O7. The van der Waals surface area contributed by atoms with Gasteiger partial charge >= 0.3 is 6.03 Å². The topological polar surface area (TPSA) is 177 Å². The van der Waals surface area contributed by atoms with Crippen molar-refractivity contribution >= 4 is 34.9 Å². The standard InChI is InChI=1S/C14H17ClN6O7/c15-3-6-19(18-24)14(23)17-5-2-1-4-16-13(22)10-7-11(20(25)26)9-12(8-10)21(27)28/h7-9H,1-6H2,(H,16,22)(H,17,23). The number of nitro benzene ring substituents is 2. The molecule has 0 saturated heterocycles. The zero-order chi connectivity index (χ0) is 21.1. The minimum atomic E-state index is -0.825. The molecule has 1 aromatic carbocycles. The van der Waals surface area contributed by atoms with Gasteiger partial charge in [-0.05, 0) is 12.8 Å².